The summed E-state index contributed by atoms with van der Waals surface area (Å²) >= 11 is 3.84. The highest BCUT2D eigenvalue weighted by Crippen LogP contribution is 2.41. The van der Waals surface area contributed by atoms with Crippen molar-refractivity contribution in [1.82, 2.24) is 0 Å². The molecule has 2 heteroatoms. The van der Waals surface area contributed by atoms with Crippen LogP contribution in [0.5, 0.6) is 0 Å². The topological polar surface area (TPSA) is 3.24 Å². The normalized spacial score (nSPS) is 12.1. The van der Waals surface area contributed by atoms with Gasteiger partial charge in [-0.05, 0) is 74.3 Å². The van der Waals surface area contributed by atoms with E-state index in [-0.39, 0.29) is 10.8 Å². The van der Waals surface area contributed by atoms with Gasteiger partial charge in [0.15, 0.2) is 0 Å². The van der Waals surface area contributed by atoms with Crippen LogP contribution in [0.4, 0.5) is 17.1 Å². The van der Waals surface area contributed by atoms with Crippen molar-refractivity contribution in [3.63, 3.8) is 0 Å². The summed E-state index contributed by atoms with van der Waals surface area (Å²) in [5, 5.41) is 0. The van der Waals surface area contributed by atoms with Gasteiger partial charge in [0.2, 0.25) is 0 Å². The molecule has 0 heterocycles. The first-order valence-electron chi connectivity index (χ1n) is 9.83. The van der Waals surface area contributed by atoms with E-state index in [2.05, 4.69) is 135 Å². The Bertz CT molecular complexity index is 929. The fourth-order valence-corrected chi connectivity index (χ4v) is 3.83. The van der Waals surface area contributed by atoms with Gasteiger partial charge in [-0.15, -0.1) is 0 Å². The van der Waals surface area contributed by atoms with E-state index in [1.54, 1.807) is 0 Å². The van der Waals surface area contributed by atoms with Crippen LogP contribution in [0, 0.1) is 0 Å². The lowest BCUT2D eigenvalue weighted by atomic mass is 9.86. The highest BCUT2D eigenvalue weighted by atomic mass is 79.9. The van der Waals surface area contributed by atoms with E-state index < -0.39 is 0 Å². The first-order chi connectivity index (χ1) is 13.1. The zero-order chi connectivity index (χ0) is 20.5. The monoisotopic (exact) mass is 435 g/mol. The number of para-hydroxylation sites is 1. The van der Waals surface area contributed by atoms with Crippen LogP contribution < -0.4 is 4.90 Å². The van der Waals surface area contributed by atoms with E-state index in [1.165, 1.54) is 11.1 Å². The average Bonchev–Trinajstić information content (AvgIpc) is 2.63. The number of nitrogens with zero attached hydrogens (tertiary/aromatic N) is 1. The van der Waals surface area contributed by atoms with E-state index in [4.69, 9.17) is 0 Å². The Kier molecular flexibility index (Phi) is 5.72. The summed E-state index contributed by atoms with van der Waals surface area (Å²) in [5.74, 6) is 0. The largest absolute Gasteiger partial charge is 0.309 e. The molecule has 0 bridgehead atoms. The third-order valence-electron chi connectivity index (χ3n) is 5.06. The summed E-state index contributed by atoms with van der Waals surface area (Å²) in [6.45, 7) is 13.5. The first-order valence-corrected chi connectivity index (χ1v) is 10.6. The van der Waals surface area contributed by atoms with Gasteiger partial charge in [-0.2, -0.15) is 0 Å². The Labute approximate surface area is 178 Å². The maximum absolute atomic E-state index is 3.84. The third-order valence-corrected chi connectivity index (χ3v) is 5.70. The molecular weight excluding hydrogens is 406 g/mol. The molecule has 0 aromatic heterocycles. The fraction of sp³-hybridized carbons (Fsp3) is 0.308. The maximum Gasteiger partial charge on any atom is 0.0603 e. The molecule has 0 atom stereocenters. The second-order valence-corrected chi connectivity index (χ2v) is 10.2. The van der Waals surface area contributed by atoms with Crippen molar-refractivity contribution in [2.75, 3.05) is 4.90 Å². The summed E-state index contributed by atoms with van der Waals surface area (Å²) in [5.41, 5.74) is 6.37. The second kappa shape index (κ2) is 7.75. The lowest BCUT2D eigenvalue weighted by molar-refractivity contribution is 0.590. The Hall–Kier alpha value is -2.06. The molecule has 0 aliphatic carbocycles. The molecule has 3 aromatic carbocycles. The molecule has 0 amide bonds. The van der Waals surface area contributed by atoms with Gasteiger partial charge in [-0.3, -0.25) is 0 Å². The molecule has 0 fully saturated rings. The van der Waals surface area contributed by atoms with Crippen LogP contribution in [0.3, 0.4) is 0 Å². The number of hydrogen-bond donors (Lipinski definition) is 0. The van der Waals surface area contributed by atoms with Gasteiger partial charge in [0, 0.05) is 15.8 Å². The molecule has 0 saturated heterocycles. The van der Waals surface area contributed by atoms with Crippen LogP contribution in [0.1, 0.15) is 52.7 Å². The molecule has 0 radical (unpaired) electrons. The molecule has 1 nitrogen and oxygen atoms in total. The minimum Gasteiger partial charge on any atom is -0.309 e. The first kappa shape index (κ1) is 20.7. The molecule has 0 N–H and O–H groups in total. The molecule has 0 aliphatic heterocycles. The van der Waals surface area contributed by atoms with Crippen LogP contribution >= 0.6 is 15.9 Å². The van der Waals surface area contributed by atoms with Crippen molar-refractivity contribution in [2.45, 2.75) is 52.4 Å². The Morgan fingerprint density at radius 2 is 1.11 bits per heavy atom. The van der Waals surface area contributed by atoms with E-state index in [0.29, 0.717) is 0 Å². The van der Waals surface area contributed by atoms with Crippen molar-refractivity contribution < 1.29 is 0 Å². The van der Waals surface area contributed by atoms with E-state index in [0.717, 1.165) is 21.5 Å². The number of benzene rings is 3. The van der Waals surface area contributed by atoms with Crippen molar-refractivity contribution in [1.29, 1.82) is 0 Å². The van der Waals surface area contributed by atoms with Gasteiger partial charge >= 0.3 is 0 Å². The highest BCUT2D eigenvalue weighted by Gasteiger charge is 2.20. The highest BCUT2D eigenvalue weighted by molar-refractivity contribution is 9.10. The third kappa shape index (κ3) is 4.50. The van der Waals surface area contributed by atoms with Crippen LogP contribution in [-0.2, 0) is 10.8 Å². The number of hydrogen-bond acceptors (Lipinski definition) is 1. The molecule has 146 valence electrons. The van der Waals surface area contributed by atoms with Gasteiger partial charge in [0.05, 0.1) is 5.69 Å². The minimum atomic E-state index is 0.118. The van der Waals surface area contributed by atoms with Gasteiger partial charge in [0.1, 0.15) is 0 Å². The average molecular weight is 436 g/mol. The molecular formula is C26H30BrN. The van der Waals surface area contributed by atoms with Gasteiger partial charge < -0.3 is 4.90 Å². The predicted octanol–water partition coefficient (Wildman–Crippen LogP) is 8.51. The molecule has 0 spiro atoms. The van der Waals surface area contributed by atoms with E-state index in [1.807, 2.05) is 0 Å². The van der Waals surface area contributed by atoms with Crippen molar-refractivity contribution in [2.24, 2.45) is 0 Å². The second-order valence-electron chi connectivity index (χ2n) is 9.38. The number of rotatable bonds is 3. The lowest BCUT2D eigenvalue weighted by Gasteiger charge is -2.29. The van der Waals surface area contributed by atoms with Crippen molar-refractivity contribution >= 4 is 33.0 Å². The van der Waals surface area contributed by atoms with Crippen LogP contribution in [0.2, 0.25) is 0 Å². The Balaban J connectivity index is 2.12. The SMILES string of the molecule is CC(C)(C)c1ccc(N(c2ccccc2)c2ccc(C(C)(C)C)cc2Br)cc1. The van der Waals surface area contributed by atoms with Crippen molar-refractivity contribution in [3.05, 3.63) is 88.4 Å². The quantitative estimate of drug-likeness (QED) is 0.398. The smallest absolute Gasteiger partial charge is 0.0603 e. The summed E-state index contributed by atoms with van der Waals surface area (Å²) in [4.78, 5) is 2.31. The summed E-state index contributed by atoms with van der Waals surface area (Å²) in [6, 6.07) is 26.2. The minimum absolute atomic E-state index is 0.118. The zero-order valence-electron chi connectivity index (χ0n) is 17.8. The number of anilines is 3. The van der Waals surface area contributed by atoms with E-state index in [9.17, 15) is 0 Å². The molecule has 3 rings (SSSR count). The van der Waals surface area contributed by atoms with Gasteiger partial charge in [-0.1, -0.05) is 77.9 Å². The van der Waals surface area contributed by atoms with Crippen LogP contribution in [0.25, 0.3) is 0 Å². The van der Waals surface area contributed by atoms with Crippen LogP contribution in [-0.4, -0.2) is 0 Å². The Morgan fingerprint density at radius 3 is 1.61 bits per heavy atom. The molecule has 0 unspecified atom stereocenters. The fourth-order valence-electron chi connectivity index (χ4n) is 3.27. The summed E-state index contributed by atoms with van der Waals surface area (Å²) in [7, 11) is 0. The van der Waals surface area contributed by atoms with Gasteiger partial charge in [0.25, 0.3) is 0 Å². The number of halogens is 1. The standard InChI is InChI=1S/C26H30BrN/c1-25(2,3)19-12-15-22(16-13-19)28(21-10-8-7-9-11-21)24-17-14-20(18-23(24)27)26(4,5)6/h7-18H,1-6H3. The van der Waals surface area contributed by atoms with Crippen molar-refractivity contribution in [3.8, 4) is 0 Å². The zero-order valence-corrected chi connectivity index (χ0v) is 19.3. The van der Waals surface area contributed by atoms with E-state index >= 15 is 0 Å². The van der Waals surface area contributed by atoms with Crippen LogP contribution in [0.15, 0.2) is 77.3 Å². The van der Waals surface area contributed by atoms with Gasteiger partial charge in [-0.25, -0.2) is 0 Å². The lowest BCUT2D eigenvalue weighted by Crippen LogP contribution is -2.15. The predicted molar refractivity (Wildman–Crippen MR) is 126 cm³/mol. The molecule has 28 heavy (non-hydrogen) atoms. The summed E-state index contributed by atoms with van der Waals surface area (Å²) < 4.78 is 1.10. The molecule has 0 saturated carbocycles. The maximum atomic E-state index is 3.84. The summed E-state index contributed by atoms with van der Waals surface area (Å²) in [6.07, 6.45) is 0. The Morgan fingerprint density at radius 1 is 0.607 bits per heavy atom. The molecule has 3 aromatic rings. The molecule has 0 aliphatic rings.